The van der Waals surface area contributed by atoms with Crippen LogP contribution in [0.25, 0.3) is 0 Å². The molecule has 5 heteroatoms. The van der Waals surface area contributed by atoms with Gasteiger partial charge in [0.25, 0.3) is 6.43 Å². The van der Waals surface area contributed by atoms with Crippen molar-refractivity contribution in [3.05, 3.63) is 26.8 Å². The predicted octanol–water partition coefficient (Wildman–Crippen LogP) is 3.59. The van der Waals surface area contributed by atoms with Crippen LogP contribution in [0, 0.1) is 3.57 Å². The Bertz CT molecular complexity index is 293. The van der Waals surface area contributed by atoms with Crippen molar-refractivity contribution in [3.8, 4) is 5.75 Å². The quantitative estimate of drug-likeness (QED) is 0.774. The topological polar surface area (TPSA) is 9.23 Å². The lowest BCUT2D eigenvalue weighted by atomic mass is 10.3. The van der Waals surface area contributed by atoms with E-state index in [4.69, 9.17) is 16.3 Å². The molecular formula is C8H6ClF2IO. The van der Waals surface area contributed by atoms with E-state index in [1.165, 1.54) is 0 Å². The Morgan fingerprint density at radius 3 is 2.69 bits per heavy atom. The van der Waals surface area contributed by atoms with Gasteiger partial charge in [-0.25, -0.2) is 8.78 Å². The summed E-state index contributed by atoms with van der Waals surface area (Å²) in [5.74, 6) is 0.411. The van der Waals surface area contributed by atoms with Gasteiger partial charge in [-0.15, -0.1) is 0 Å². The molecule has 0 atom stereocenters. The van der Waals surface area contributed by atoms with Crippen LogP contribution >= 0.6 is 34.2 Å². The molecule has 1 aromatic rings. The van der Waals surface area contributed by atoms with Gasteiger partial charge in [-0.05, 0) is 40.8 Å². The van der Waals surface area contributed by atoms with E-state index in [1.807, 2.05) is 22.6 Å². The summed E-state index contributed by atoms with van der Waals surface area (Å²) < 4.78 is 29.1. The maximum atomic E-state index is 11.7. The van der Waals surface area contributed by atoms with Crippen LogP contribution in [0.15, 0.2) is 18.2 Å². The molecule has 0 aliphatic carbocycles. The Labute approximate surface area is 93.2 Å². The normalized spacial score (nSPS) is 10.5. The van der Waals surface area contributed by atoms with E-state index in [1.54, 1.807) is 18.2 Å². The van der Waals surface area contributed by atoms with Crippen LogP contribution in [0.1, 0.15) is 0 Å². The first-order valence-electron chi connectivity index (χ1n) is 3.45. The average Bonchev–Trinajstić information content (AvgIpc) is 2.07. The van der Waals surface area contributed by atoms with E-state index >= 15 is 0 Å². The molecule has 0 aliphatic heterocycles. The van der Waals surface area contributed by atoms with E-state index in [9.17, 15) is 8.78 Å². The van der Waals surface area contributed by atoms with Crippen molar-refractivity contribution in [2.45, 2.75) is 6.43 Å². The van der Waals surface area contributed by atoms with Crippen molar-refractivity contribution in [1.82, 2.24) is 0 Å². The Balaban J connectivity index is 2.63. The van der Waals surface area contributed by atoms with Gasteiger partial charge in [0.1, 0.15) is 12.4 Å². The van der Waals surface area contributed by atoms with Crippen molar-refractivity contribution in [2.75, 3.05) is 6.61 Å². The van der Waals surface area contributed by atoms with Crippen molar-refractivity contribution >= 4 is 34.2 Å². The molecule has 0 N–H and O–H groups in total. The Morgan fingerprint density at radius 2 is 2.15 bits per heavy atom. The lowest BCUT2D eigenvalue weighted by Crippen LogP contribution is -2.06. The highest BCUT2D eigenvalue weighted by Crippen LogP contribution is 2.23. The highest BCUT2D eigenvalue weighted by Gasteiger charge is 2.04. The Morgan fingerprint density at radius 1 is 1.46 bits per heavy atom. The van der Waals surface area contributed by atoms with Gasteiger partial charge in [0, 0.05) is 3.57 Å². The molecule has 0 spiro atoms. The molecule has 0 unspecified atom stereocenters. The van der Waals surface area contributed by atoms with Crippen LogP contribution in [0.3, 0.4) is 0 Å². The van der Waals surface area contributed by atoms with Crippen LogP contribution in [0.2, 0.25) is 5.02 Å². The standard InChI is InChI=1S/C8H6ClF2IO/c9-6-2-1-5(3-7(6)12)13-4-8(10)11/h1-3,8H,4H2. The van der Waals surface area contributed by atoms with Gasteiger partial charge in [0.05, 0.1) is 5.02 Å². The number of hydrogen-bond acceptors (Lipinski definition) is 1. The van der Waals surface area contributed by atoms with E-state index in [0.29, 0.717) is 10.8 Å². The second kappa shape index (κ2) is 4.95. The van der Waals surface area contributed by atoms with Crippen LogP contribution < -0.4 is 4.74 Å². The fraction of sp³-hybridized carbons (Fsp3) is 0.250. The van der Waals surface area contributed by atoms with Crippen molar-refractivity contribution in [3.63, 3.8) is 0 Å². The van der Waals surface area contributed by atoms with Crippen LogP contribution in [0.4, 0.5) is 8.78 Å². The van der Waals surface area contributed by atoms with Gasteiger partial charge in [-0.2, -0.15) is 0 Å². The SMILES string of the molecule is FC(F)COc1ccc(Cl)c(I)c1. The van der Waals surface area contributed by atoms with Crippen LogP contribution in [-0.4, -0.2) is 13.0 Å². The van der Waals surface area contributed by atoms with Gasteiger partial charge in [-0.3, -0.25) is 0 Å². The monoisotopic (exact) mass is 318 g/mol. The van der Waals surface area contributed by atoms with E-state index < -0.39 is 13.0 Å². The number of halogens is 4. The summed E-state index contributed by atoms with van der Waals surface area (Å²) in [7, 11) is 0. The van der Waals surface area contributed by atoms with E-state index in [2.05, 4.69) is 0 Å². The highest BCUT2D eigenvalue weighted by molar-refractivity contribution is 14.1. The molecule has 1 aromatic carbocycles. The van der Waals surface area contributed by atoms with Gasteiger partial charge in [0.15, 0.2) is 0 Å². The van der Waals surface area contributed by atoms with Gasteiger partial charge >= 0.3 is 0 Å². The third-order valence-corrected chi connectivity index (χ3v) is 2.81. The van der Waals surface area contributed by atoms with E-state index in [0.717, 1.165) is 3.57 Å². The molecule has 0 aromatic heterocycles. The largest absolute Gasteiger partial charge is 0.488 e. The summed E-state index contributed by atoms with van der Waals surface area (Å²) in [5.41, 5.74) is 0. The molecule has 0 bridgehead atoms. The molecule has 0 fully saturated rings. The minimum Gasteiger partial charge on any atom is -0.488 e. The van der Waals surface area contributed by atoms with Crippen molar-refractivity contribution in [2.24, 2.45) is 0 Å². The molecule has 72 valence electrons. The van der Waals surface area contributed by atoms with Crippen LogP contribution in [0.5, 0.6) is 5.75 Å². The fourth-order valence-corrected chi connectivity index (χ4v) is 1.33. The molecule has 13 heavy (non-hydrogen) atoms. The smallest absolute Gasteiger partial charge is 0.272 e. The maximum absolute atomic E-state index is 11.7. The molecule has 0 radical (unpaired) electrons. The molecule has 0 amide bonds. The molecule has 1 rings (SSSR count). The molecule has 0 saturated heterocycles. The van der Waals surface area contributed by atoms with Gasteiger partial charge < -0.3 is 4.74 Å². The molecule has 0 aliphatic rings. The van der Waals surface area contributed by atoms with E-state index in [-0.39, 0.29) is 0 Å². The molecule has 0 saturated carbocycles. The number of rotatable bonds is 3. The Hall–Kier alpha value is -0.100. The minimum absolute atomic E-state index is 0.411. The van der Waals surface area contributed by atoms with Gasteiger partial charge in [-0.1, -0.05) is 11.6 Å². The maximum Gasteiger partial charge on any atom is 0.272 e. The molecular weight excluding hydrogens is 312 g/mol. The lowest BCUT2D eigenvalue weighted by Gasteiger charge is -2.05. The highest BCUT2D eigenvalue weighted by atomic mass is 127. The number of benzene rings is 1. The predicted molar refractivity (Wildman–Crippen MR) is 55.7 cm³/mol. The fourth-order valence-electron chi connectivity index (χ4n) is 0.726. The zero-order valence-corrected chi connectivity index (χ0v) is 9.35. The third kappa shape index (κ3) is 3.64. The second-order valence-electron chi connectivity index (χ2n) is 2.28. The summed E-state index contributed by atoms with van der Waals surface area (Å²) in [6.07, 6.45) is -2.45. The van der Waals surface area contributed by atoms with Crippen molar-refractivity contribution in [1.29, 1.82) is 0 Å². The van der Waals surface area contributed by atoms with Gasteiger partial charge in [0.2, 0.25) is 0 Å². The van der Waals surface area contributed by atoms with Crippen LogP contribution in [-0.2, 0) is 0 Å². The Kier molecular flexibility index (Phi) is 4.18. The lowest BCUT2D eigenvalue weighted by molar-refractivity contribution is 0.0819. The third-order valence-electron chi connectivity index (χ3n) is 1.27. The first-order valence-corrected chi connectivity index (χ1v) is 4.91. The summed E-state index contributed by atoms with van der Waals surface area (Å²) in [5, 5.41) is 0.588. The number of ether oxygens (including phenoxy) is 1. The number of hydrogen-bond donors (Lipinski definition) is 0. The number of alkyl halides is 2. The first-order chi connectivity index (χ1) is 6.09. The average molecular weight is 318 g/mol. The summed E-state index contributed by atoms with van der Waals surface area (Å²) >= 11 is 7.74. The summed E-state index contributed by atoms with van der Waals surface area (Å²) in [6.45, 7) is -0.586. The van der Waals surface area contributed by atoms with Crippen molar-refractivity contribution < 1.29 is 13.5 Å². The zero-order chi connectivity index (χ0) is 9.84. The first kappa shape index (κ1) is 11.0. The minimum atomic E-state index is -2.45. The summed E-state index contributed by atoms with van der Waals surface area (Å²) in [6, 6.07) is 4.79. The molecule has 1 nitrogen and oxygen atoms in total. The zero-order valence-electron chi connectivity index (χ0n) is 6.44. The molecule has 0 heterocycles. The summed E-state index contributed by atoms with van der Waals surface area (Å²) in [4.78, 5) is 0. The second-order valence-corrected chi connectivity index (χ2v) is 3.85.